The van der Waals surface area contributed by atoms with Gasteiger partial charge in [-0.25, -0.2) is 0 Å². The number of hydrogen-bond donors (Lipinski definition) is 1. The molecule has 130 valence electrons. The van der Waals surface area contributed by atoms with E-state index in [9.17, 15) is 0 Å². The molecule has 0 aliphatic carbocycles. The molecule has 1 aromatic heterocycles. The van der Waals surface area contributed by atoms with Crippen molar-refractivity contribution in [3.8, 4) is 5.75 Å². The number of aromatic nitrogens is 1. The van der Waals surface area contributed by atoms with Crippen LogP contribution in [-0.2, 0) is 0 Å². The SMILES string of the molecule is COc1cccc2c(NCC(C)N(C)c3ccccc3)c(C)cnc12. The second kappa shape index (κ2) is 7.43. The van der Waals surface area contributed by atoms with Crippen LogP contribution in [0.15, 0.2) is 54.7 Å². The molecule has 0 aliphatic heterocycles. The monoisotopic (exact) mass is 335 g/mol. The summed E-state index contributed by atoms with van der Waals surface area (Å²) in [7, 11) is 3.81. The van der Waals surface area contributed by atoms with Crippen LogP contribution >= 0.6 is 0 Å². The molecule has 1 atom stereocenters. The Bertz CT molecular complexity index is 848. The molecular weight excluding hydrogens is 310 g/mol. The number of aryl methyl sites for hydroxylation is 1. The summed E-state index contributed by atoms with van der Waals surface area (Å²) in [6.45, 7) is 5.14. The smallest absolute Gasteiger partial charge is 0.145 e. The Labute approximate surface area is 149 Å². The number of pyridine rings is 1. The first kappa shape index (κ1) is 17.1. The number of methoxy groups -OCH3 is 1. The van der Waals surface area contributed by atoms with Crippen molar-refractivity contribution in [2.75, 3.05) is 30.9 Å². The van der Waals surface area contributed by atoms with Gasteiger partial charge in [-0.1, -0.05) is 30.3 Å². The number of fused-ring (bicyclic) bond motifs is 1. The largest absolute Gasteiger partial charge is 0.494 e. The Balaban J connectivity index is 1.82. The lowest BCUT2D eigenvalue weighted by atomic mass is 10.1. The van der Waals surface area contributed by atoms with Crippen LogP contribution in [-0.4, -0.2) is 31.7 Å². The van der Waals surface area contributed by atoms with Crippen molar-refractivity contribution in [2.24, 2.45) is 0 Å². The highest BCUT2D eigenvalue weighted by Gasteiger charge is 2.13. The summed E-state index contributed by atoms with van der Waals surface area (Å²) < 4.78 is 5.45. The molecule has 1 N–H and O–H groups in total. The molecule has 4 heteroatoms. The van der Waals surface area contributed by atoms with Gasteiger partial charge in [0.25, 0.3) is 0 Å². The molecule has 0 spiro atoms. The van der Waals surface area contributed by atoms with Crippen molar-refractivity contribution in [3.05, 3.63) is 60.3 Å². The van der Waals surface area contributed by atoms with Crippen LogP contribution in [0.1, 0.15) is 12.5 Å². The second-order valence-electron chi connectivity index (χ2n) is 6.35. The Hall–Kier alpha value is -2.75. The first-order chi connectivity index (χ1) is 12.1. The Morgan fingerprint density at radius 3 is 2.60 bits per heavy atom. The highest BCUT2D eigenvalue weighted by atomic mass is 16.5. The highest BCUT2D eigenvalue weighted by Crippen LogP contribution is 2.31. The van der Waals surface area contributed by atoms with Crippen LogP contribution in [0.5, 0.6) is 5.75 Å². The number of ether oxygens (including phenoxy) is 1. The fourth-order valence-electron chi connectivity index (χ4n) is 3.00. The number of benzene rings is 2. The third-order valence-electron chi connectivity index (χ3n) is 4.67. The lowest BCUT2D eigenvalue weighted by Crippen LogP contribution is -2.34. The van der Waals surface area contributed by atoms with Crippen molar-refractivity contribution in [1.29, 1.82) is 0 Å². The van der Waals surface area contributed by atoms with E-state index in [1.165, 1.54) is 5.69 Å². The molecule has 3 rings (SSSR count). The van der Waals surface area contributed by atoms with E-state index in [1.54, 1.807) is 7.11 Å². The van der Waals surface area contributed by atoms with Crippen molar-refractivity contribution >= 4 is 22.3 Å². The molecule has 4 nitrogen and oxygen atoms in total. The van der Waals surface area contributed by atoms with Gasteiger partial charge in [0, 0.05) is 42.6 Å². The number of rotatable bonds is 6. The number of hydrogen-bond acceptors (Lipinski definition) is 4. The number of nitrogens with one attached hydrogen (secondary N) is 1. The van der Waals surface area contributed by atoms with Crippen molar-refractivity contribution in [2.45, 2.75) is 19.9 Å². The topological polar surface area (TPSA) is 37.4 Å². The van der Waals surface area contributed by atoms with E-state index in [2.05, 4.69) is 66.4 Å². The van der Waals surface area contributed by atoms with E-state index in [0.717, 1.165) is 34.4 Å². The Kier molecular flexibility index (Phi) is 5.08. The zero-order chi connectivity index (χ0) is 17.8. The van der Waals surface area contributed by atoms with Crippen LogP contribution in [0, 0.1) is 6.92 Å². The van der Waals surface area contributed by atoms with Crippen LogP contribution in [0.3, 0.4) is 0 Å². The first-order valence-corrected chi connectivity index (χ1v) is 8.56. The molecule has 1 heterocycles. The molecule has 3 aromatic rings. The molecule has 0 amide bonds. The van der Waals surface area contributed by atoms with E-state index in [4.69, 9.17) is 4.74 Å². The van der Waals surface area contributed by atoms with Gasteiger partial charge in [0.15, 0.2) is 0 Å². The van der Waals surface area contributed by atoms with E-state index in [0.29, 0.717) is 6.04 Å². The minimum Gasteiger partial charge on any atom is -0.494 e. The maximum Gasteiger partial charge on any atom is 0.145 e. The second-order valence-corrected chi connectivity index (χ2v) is 6.35. The van der Waals surface area contributed by atoms with E-state index in [1.807, 2.05) is 24.4 Å². The third-order valence-corrected chi connectivity index (χ3v) is 4.67. The number of likely N-dealkylation sites (N-methyl/N-ethyl adjacent to an activating group) is 1. The van der Waals surface area contributed by atoms with Gasteiger partial charge in [0.05, 0.1) is 7.11 Å². The highest BCUT2D eigenvalue weighted by molar-refractivity contribution is 5.96. The van der Waals surface area contributed by atoms with Crippen LogP contribution in [0.2, 0.25) is 0 Å². The van der Waals surface area contributed by atoms with Gasteiger partial charge < -0.3 is 15.0 Å². The third kappa shape index (κ3) is 3.53. The molecule has 0 saturated heterocycles. The Morgan fingerprint density at radius 2 is 1.88 bits per heavy atom. The lowest BCUT2D eigenvalue weighted by Gasteiger charge is -2.28. The Morgan fingerprint density at radius 1 is 1.12 bits per heavy atom. The predicted molar refractivity (Wildman–Crippen MR) is 106 cm³/mol. The van der Waals surface area contributed by atoms with Crippen LogP contribution in [0.4, 0.5) is 11.4 Å². The van der Waals surface area contributed by atoms with Crippen molar-refractivity contribution in [3.63, 3.8) is 0 Å². The molecule has 0 bridgehead atoms. The van der Waals surface area contributed by atoms with Crippen LogP contribution < -0.4 is 15.0 Å². The van der Waals surface area contributed by atoms with Crippen LogP contribution in [0.25, 0.3) is 10.9 Å². The quantitative estimate of drug-likeness (QED) is 0.720. The average molecular weight is 335 g/mol. The minimum atomic E-state index is 0.343. The van der Waals surface area contributed by atoms with E-state index < -0.39 is 0 Å². The number of para-hydroxylation sites is 2. The molecule has 25 heavy (non-hydrogen) atoms. The van der Waals surface area contributed by atoms with Gasteiger partial charge in [0.2, 0.25) is 0 Å². The maximum atomic E-state index is 5.45. The summed E-state index contributed by atoms with van der Waals surface area (Å²) in [6.07, 6.45) is 1.90. The van der Waals surface area contributed by atoms with Crippen molar-refractivity contribution < 1.29 is 4.74 Å². The van der Waals surface area contributed by atoms with Gasteiger partial charge in [-0.05, 0) is 37.6 Å². The van der Waals surface area contributed by atoms with E-state index in [-0.39, 0.29) is 0 Å². The fourth-order valence-corrected chi connectivity index (χ4v) is 3.00. The molecule has 2 aromatic carbocycles. The minimum absolute atomic E-state index is 0.343. The molecular formula is C21H25N3O. The number of anilines is 2. The molecule has 0 aliphatic rings. The maximum absolute atomic E-state index is 5.45. The van der Waals surface area contributed by atoms with Gasteiger partial charge in [0.1, 0.15) is 11.3 Å². The van der Waals surface area contributed by atoms with Gasteiger partial charge in [-0.2, -0.15) is 0 Å². The molecule has 1 unspecified atom stereocenters. The molecule has 0 saturated carbocycles. The average Bonchev–Trinajstić information content (AvgIpc) is 2.66. The molecule has 0 fully saturated rings. The zero-order valence-electron chi connectivity index (χ0n) is 15.3. The van der Waals surface area contributed by atoms with Crippen molar-refractivity contribution in [1.82, 2.24) is 4.98 Å². The van der Waals surface area contributed by atoms with E-state index >= 15 is 0 Å². The summed E-state index contributed by atoms with van der Waals surface area (Å²) in [4.78, 5) is 6.83. The summed E-state index contributed by atoms with van der Waals surface area (Å²) in [5.41, 5.74) is 4.37. The lowest BCUT2D eigenvalue weighted by molar-refractivity contribution is 0.419. The summed E-state index contributed by atoms with van der Waals surface area (Å²) in [5.74, 6) is 0.801. The predicted octanol–water partition coefficient (Wildman–Crippen LogP) is 4.49. The normalized spacial score (nSPS) is 12.0. The summed E-state index contributed by atoms with van der Waals surface area (Å²) in [5, 5.41) is 4.71. The van der Waals surface area contributed by atoms with Gasteiger partial charge in [-0.3, -0.25) is 4.98 Å². The summed E-state index contributed by atoms with van der Waals surface area (Å²) >= 11 is 0. The molecule has 0 radical (unpaired) electrons. The fraction of sp³-hybridized carbons (Fsp3) is 0.286. The zero-order valence-corrected chi connectivity index (χ0v) is 15.3. The summed E-state index contributed by atoms with van der Waals surface area (Å²) in [6, 6.07) is 16.8. The first-order valence-electron chi connectivity index (χ1n) is 8.56. The van der Waals surface area contributed by atoms with Gasteiger partial charge >= 0.3 is 0 Å². The standard InChI is InChI=1S/C21H25N3O/c1-15-13-22-21-18(11-8-12-19(21)25-4)20(15)23-14-16(2)24(3)17-9-6-5-7-10-17/h5-13,16H,14H2,1-4H3,(H,22,23). The van der Waals surface area contributed by atoms with Gasteiger partial charge in [-0.15, -0.1) is 0 Å². The number of nitrogens with zero attached hydrogens (tertiary/aromatic N) is 2.